The largest absolute Gasteiger partial charge is 0.324 e. The van der Waals surface area contributed by atoms with Crippen LogP contribution in [0.1, 0.15) is 0 Å². The van der Waals surface area contributed by atoms with Crippen LogP contribution in [0.5, 0.6) is 0 Å². The molecule has 2 aromatic carbocycles. The molecule has 0 atom stereocenters. The molecule has 0 fully saturated rings. The van der Waals surface area contributed by atoms with Gasteiger partial charge in [-0.25, -0.2) is 0 Å². The minimum absolute atomic E-state index is 0.312. The molecule has 8 heteroatoms. The van der Waals surface area contributed by atoms with Gasteiger partial charge >= 0.3 is 11.1 Å². The minimum atomic E-state index is -0.798. The number of nitrogens with zero attached hydrogens (tertiary/aromatic N) is 1. The Kier molecular flexibility index (Phi) is 4.42. The fourth-order valence-corrected chi connectivity index (χ4v) is 2.88. The van der Waals surface area contributed by atoms with E-state index in [0.29, 0.717) is 26.8 Å². The molecule has 6 nitrogen and oxygen atoms in total. The van der Waals surface area contributed by atoms with E-state index in [1.54, 1.807) is 24.3 Å². The number of hydrogen-bond donors (Lipinski definition) is 2. The number of benzene rings is 2. The summed E-state index contributed by atoms with van der Waals surface area (Å²) in [6.07, 6.45) is 0. The molecule has 0 aliphatic heterocycles. The first kappa shape index (κ1) is 16.3. The highest BCUT2D eigenvalue weighted by molar-refractivity contribution is 6.35. The molecule has 122 valence electrons. The summed E-state index contributed by atoms with van der Waals surface area (Å²) in [5.74, 6) is -0.480. The van der Waals surface area contributed by atoms with E-state index in [9.17, 15) is 14.4 Å². The van der Waals surface area contributed by atoms with E-state index >= 15 is 0 Å². The Morgan fingerprint density at radius 3 is 2.46 bits per heavy atom. The van der Waals surface area contributed by atoms with Gasteiger partial charge in [0.25, 0.3) is 0 Å². The molecular weight excluding hydrogens is 353 g/mol. The fourth-order valence-electron chi connectivity index (χ4n) is 2.35. The summed E-state index contributed by atoms with van der Waals surface area (Å²) in [6.45, 7) is -0.312. The predicted molar refractivity (Wildman–Crippen MR) is 93.9 cm³/mol. The van der Waals surface area contributed by atoms with Crippen LogP contribution in [0.2, 0.25) is 10.0 Å². The smallest absolute Gasteiger partial charge is 0.317 e. The zero-order valence-electron chi connectivity index (χ0n) is 12.2. The number of carbonyl (C=O) groups excluding carboxylic acids is 1. The van der Waals surface area contributed by atoms with Gasteiger partial charge in [0.05, 0.1) is 11.0 Å². The monoisotopic (exact) mass is 363 g/mol. The Morgan fingerprint density at radius 2 is 1.75 bits per heavy atom. The normalized spacial score (nSPS) is 10.8. The SMILES string of the molecule is O=C(Cn1c(=O)c(=O)[nH]c2ccccc21)Nc1cc(Cl)cc(Cl)c1. The molecule has 0 bridgehead atoms. The fraction of sp³-hybridized carbons (Fsp3) is 0.0625. The number of aromatic nitrogens is 2. The number of halogens is 2. The summed E-state index contributed by atoms with van der Waals surface area (Å²) >= 11 is 11.8. The molecule has 3 aromatic rings. The van der Waals surface area contributed by atoms with Gasteiger partial charge in [-0.05, 0) is 30.3 Å². The molecule has 1 aromatic heterocycles. The van der Waals surface area contributed by atoms with E-state index in [4.69, 9.17) is 23.2 Å². The molecule has 0 aliphatic carbocycles. The van der Waals surface area contributed by atoms with Crippen molar-refractivity contribution in [3.05, 3.63) is 73.2 Å². The first-order valence-electron chi connectivity index (χ1n) is 6.92. The predicted octanol–water partition coefficient (Wildman–Crippen LogP) is 2.64. The van der Waals surface area contributed by atoms with Crippen molar-refractivity contribution in [3.63, 3.8) is 0 Å². The number of aromatic amines is 1. The Hall–Kier alpha value is -2.57. The quantitative estimate of drug-likeness (QED) is 0.701. The lowest BCUT2D eigenvalue weighted by Gasteiger charge is -2.10. The Bertz CT molecular complexity index is 1040. The number of carbonyl (C=O) groups is 1. The number of fused-ring (bicyclic) bond motifs is 1. The Labute approximate surface area is 145 Å². The maximum Gasteiger partial charge on any atom is 0.317 e. The molecule has 0 saturated carbocycles. The van der Waals surface area contributed by atoms with E-state index in [-0.39, 0.29) is 6.54 Å². The van der Waals surface area contributed by atoms with Crippen molar-refractivity contribution in [2.45, 2.75) is 6.54 Å². The van der Waals surface area contributed by atoms with Crippen molar-refractivity contribution in [1.82, 2.24) is 9.55 Å². The van der Waals surface area contributed by atoms with Gasteiger partial charge in [-0.15, -0.1) is 0 Å². The highest BCUT2D eigenvalue weighted by Gasteiger charge is 2.11. The minimum Gasteiger partial charge on any atom is -0.324 e. The van der Waals surface area contributed by atoms with Crippen molar-refractivity contribution < 1.29 is 4.79 Å². The molecule has 0 saturated heterocycles. The lowest BCUT2D eigenvalue weighted by atomic mass is 10.3. The number of rotatable bonds is 3. The third kappa shape index (κ3) is 3.34. The first-order chi connectivity index (χ1) is 11.4. The van der Waals surface area contributed by atoms with Gasteiger partial charge in [-0.3, -0.25) is 19.0 Å². The maximum absolute atomic E-state index is 12.2. The Morgan fingerprint density at radius 1 is 1.08 bits per heavy atom. The number of amides is 1. The second-order valence-corrected chi connectivity index (χ2v) is 5.94. The summed E-state index contributed by atoms with van der Waals surface area (Å²) in [5.41, 5.74) is -0.248. The first-order valence-corrected chi connectivity index (χ1v) is 7.67. The molecule has 0 radical (unpaired) electrons. The zero-order valence-corrected chi connectivity index (χ0v) is 13.7. The highest BCUT2D eigenvalue weighted by Crippen LogP contribution is 2.22. The molecule has 0 unspecified atom stereocenters. The third-order valence-electron chi connectivity index (χ3n) is 3.33. The molecule has 1 heterocycles. The maximum atomic E-state index is 12.2. The van der Waals surface area contributed by atoms with Crippen LogP contribution in [-0.2, 0) is 11.3 Å². The summed E-state index contributed by atoms with van der Waals surface area (Å²) in [6, 6.07) is 11.3. The second-order valence-electron chi connectivity index (χ2n) is 5.07. The number of hydrogen-bond acceptors (Lipinski definition) is 3. The standard InChI is InChI=1S/C16H11Cl2N3O3/c17-9-5-10(18)7-11(6-9)19-14(22)8-21-13-4-2-1-3-12(13)20-15(23)16(21)24/h1-7H,8H2,(H,19,22)(H,20,23). The zero-order chi connectivity index (χ0) is 17.3. The van der Waals surface area contributed by atoms with Crippen LogP contribution in [0.3, 0.4) is 0 Å². The lowest BCUT2D eigenvalue weighted by molar-refractivity contribution is -0.116. The molecule has 0 aliphatic rings. The van der Waals surface area contributed by atoms with Crippen molar-refractivity contribution in [1.29, 1.82) is 0 Å². The Balaban J connectivity index is 1.95. The van der Waals surface area contributed by atoms with Gasteiger partial charge < -0.3 is 10.3 Å². The summed E-state index contributed by atoms with van der Waals surface area (Å²) in [5, 5.41) is 3.35. The van der Waals surface area contributed by atoms with Crippen molar-refractivity contribution in [2.24, 2.45) is 0 Å². The average Bonchev–Trinajstić information content (AvgIpc) is 2.50. The van der Waals surface area contributed by atoms with E-state index in [0.717, 1.165) is 4.57 Å². The van der Waals surface area contributed by atoms with Crippen LogP contribution in [0, 0.1) is 0 Å². The van der Waals surface area contributed by atoms with Crippen molar-refractivity contribution >= 4 is 45.8 Å². The third-order valence-corrected chi connectivity index (χ3v) is 3.77. The average molecular weight is 364 g/mol. The number of H-pyrrole nitrogens is 1. The molecule has 3 rings (SSSR count). The van der Waals surface area contributed by atoms with Crippen LogP contribution in [0.4, 0.5) is 5.69 Å². The number of nitrogens with one attached hydrogen (secondary N) is 2. The van der Waals surface area contributed by atoms with Gasteiger partial charge in [0.15, 0.2) is 0 Å². The van der Waals surface area contributed by atoms with Gasteiger partial charge in [-0.1, -0.05) is 35.3 Å². The summed E-state index contributed by atoms with van der Waals surface area (Å²) < 4.78 is 1.12. The van der Waals surface area contributed by atoms with Gasteiger partial charge in [0.1, 0.15) is 6.54 Å². The van der Waals surface area contributed by atoms with E-state index in [2.05, 4.69) is 10.3 Å². The topological polar surface area (TPSA) is 84.0 Å². The van der Waals surface area contributed by atoms with Crippen LogP contribution >= 0.6 is 23.2 Å². The highest BCUT2D eigenvalue weighted by atomic mass is 35.5. The lowest BCUT2D eigenvalue weighted by Crippen LogP contribution is -2.38. The van der Waals surface area contributed by atoms with Crippen LogP contribution in [0.25, 0.3) is 11.0 Å². The van der Waals surface area contributed by atoms with Gasteiger partial charge in [0, 0.05) is 15.7 Å². The van der Waals surface area contributed by atoms with E-state index in [1.165, 1.54) is 18.2 Å². The molecule has 1 amide bonds. The molecule has 24 heavy (non-hydrogen) atoms. The van der Waals surface area contributed by atoms with Crippen LogP contribution < -0.4 is 16.4 Å². The van der Waals surface area contributed by atoms with Crippen LogP contribution in [0.15, 0.2) is 52.1 Å². The summed E-state index contributed by atoms with van der Waals surface area (Å²) in [7, 11) is 0. The van der Waals surface area contributed by atoms with Gasteiger partial charge in [0.2, 0.25) is 5.91 Å². The number of anilines is 1. The van der Waals surface area contributed by atoms with Crippen LogP contribution in [-0.4, -0.2) is 15.5 Å². The molecular formula is C16H11Cl2N3O3. The number of para-hydroxylation sites is 2. The van der Waals surface area contributed by atoms with E-state index in [1.807, 2.05) is 0 Å². The summed E-state index contributed by atoms with van der Waals surface area (Å²) in [4.78, 5) is 38.5. The molecule has 2 N–H and O–H groups in total. The molecule has 0 spiro atoms. The van der Waals surface area contributed by atoms with Gasteiger partial charge in [-0.2, -0.15) is 0 Å². The van der Waals surface area contributed by atoms with Crippen molar-refractivity contribution in [3.8, 4) is 0 Å². The van der Waals surface area contributed by atoms with Crippen molar-refractivity contribution in [2.75, 3.05) is 5.32 Å². The van der Waals surface area contributed by atoms with E-state index < -0.39 is 17.0 Å². The second kappa shape index (κ2) is 6.51.